The highest BCUT2D eigenvalue weighted by Crippen LogP contribution is 2.27. The minimum absolute atomic E-state index is 0.153. The van der Waals surface area contributed by atoms with Gasteiger partial charge in [0.25, 0.3) is 5.91 Å². The number of nitrogens with one attached hydrogen (secondary N) is 1. The van der Waals surface area contributed by atoms with Gasteiger partial charge in [0.05, 0.1) is 16.8 Å². The van der Waals surface area contributed by atoms with E-state index in [0.29, 0.717) is 17.3 Å². The molecule has 0 unspecified atom stereocenters. The van der Waals surface area contributed by atoms with Crippen LogP contribution in [0.2, 0.25) is 0 Å². The molecule has 0 spiro atoms. The topological polar surface area (TPSA) is 51.2 Å². The fourth-order valence-electron chi connectivity index (χ4n) is 2.17. The maximum absolute atomic E-state index is 12.3. The Kier molecular flexibility index (Phi) is 4.18. The molecular weight excluding hydrogens is 296 g/mol. The zero-order valence-electron chi connectivity index (χ0n) is 12.4. The highest BCUT2D eigenvalue weighted by molar-refractivity contribution is 7.22. The van der Waals surface area contributed by atoms with Crippen LogP contribution in [-0.2, 0) is 11.3 Å². The predicted octanol–water partition coefficient (Wildman–Crippen LogP) is 4.00. The SMILES string of the molecule is COCc1ccc(C(=O)Nc2nc3ccc(C)cc3s2)cc1. The van der Waals surface area contributed by atoms with E-state index < -0.39 is 0 Å². The third-order valence-corrected chi connectivity index (χ3v) is 4.23. The summed E-state index contributed by atoms with van der Waals surface area (Å²) in [5.41, 5.74) is 3.73. The Morgan fingerprint density at radius 3 is 2.73 bits per heavy atom. The molecule has 1 amide bonds. The molecule has 0 atom stereocenters. The predicted molar refractivity (Wildman–Crippen MR) is 89.5 cm³/mol. The standard InChI is InChI=1S/C17H16N2O2S/c1-11-3-8-14-15(9-11)22-17(18-14)19-16(20)13-6-4-12(5-7-13)10-21-2/h3-9H,10H2,1-2H3,(H,18,19,20). The Morgan fingerprint density at radius 1 is 1.23 bits per heavy atom. The van der Waals surface area contributed by atoms with Gasteiger partial charge in [-0.1, -0.05) is 29.5 Å². The number of anilines is 1. The number of nitrogens with zero attached hydrogens (tertiary/aromatic N) is 1. The minimum Gasteiger partial charge on any atom is -0.380 e. The van der Waals surface area contributed by atoms with E-state index in [4.69, 9.17) is 4.74 Å². The summed E-state index contributed by atoms with van der Waals surface area (Å²) in [7, 11) is 1.65. The number of carbonyl (C=O) groups is 1. The third kappa shape index (κ3) is 3.16. The van der Waals surface area contributed by atoms with Gasteiger partial charge in [0, 0.05) is 12.7 Å². The van der Waals surface area contributed by atoms with Crippen molar-refractivity contribution in [1.82, 2.24) is 4.98 Å². The van der Waals surface area contributed by atoms with Crippen molar-refractivity contribution in [3.63, 3.8) is 0 Å². The minimum atomic E-state index is -0.153. The van der Waals surface area contributed by atoms with Crippen molar-refractivity contribution in [3.8, 4) is 0 Å². The van der Waals surface area contributed by atoms with E-state index in [9.17, 15) is 4.79 Å². The van der Waals surface area contributed by atoms with Crippen LogP contribution >= 0.6 is 11.3 Å². The summed E-state index contributed by atoms with van der Waals surface area (Å²) < 4.78 is 6.13. The van der Waals surface area contributed by atoms with Crippen molar-refractivity contribution in [2.24, 2.45) is 0 Å². The summed E-state index contributed by atoms with van der Waals surface area (Å²) in [5, 5.41) is 3.47. The molecule has 0 radical (unpaired) electrons. The average Bonchev–Trinajstić information content (AvgIpc) is 2.89. The van der Waals surface area contributed by atoms with Crippen LogP contribution in [0.4, 0.5) is 5.13 Å². The highest BCUT2D eigenvalue weighted by Gasteiger charge is 2.10. The van der Waals surface area contributed by atoms with Crippen molar-refractivity contribution in [2.45, 2.75) is 13.5 Å². The van der Waals surface area contributed by atoms with Gasteiger partial charge >= 0.3 is 0 Å². The highest BCUT2D eigenvalue weighted by atomic mass is 32.1. The third-order valence-electron chi connectivity index (χ3n) is 3.29. The lowest BCUT2D eigenvalue weighted by molar-refractivity contribution is 0.102. The van der Waals surface area contributed by atoms with E-state index in [1.807, 2.05) is 31.2 Å². The zero-order valence-corrected chi connectivity index (χ0v) is 13.2. The molecule has 3 rings (SSSR count). The van der Waals surface area contributed by atoms with Crippen LogP contribution in [0.5, 0.6) is 0 Å². The van der Waals surface area contributed by atoms with Crippen molar-refractivity contribution in [3.05, 3.63) is 59.2 Å². The van der Waals surface area contributed by atoms with Crippen molar-refractivity contribution >= 4 is 32.6 Å². The number of hydrogen-bond donors (Lipinski definition) is 1. The first-order valence-corrected chi connectivity index (χ1v) is 7.74. The van der Waals surface area contributed by atoms with E-state index >= 15 is 0 Å². The molecule has 0 saturated carbocycles. The molecule has 22 heavy (non-hydrogen) atoms. The van der Waals surface area contributed by atoms with Crippen LogP contribution in [-0.4, -0.2) is 18.0 Å². The summed E-state index contributed by atoms with van der Waals surface area (Å²) >= 11 is 1.48. The van der Waals surface area contributed by atoms with Gasteiger partial charge in [0.2, 0.25) is 0 Å². The number of aromatic nitrogens is 1. The number of ether oxygens (including phenoxy) is 1. The second kappa shape index (κ2) is 6.25. The summed E-state index contributed by atoms with van der Waals surface area (Å²) in [6.45, 7) is 2.58. The molecular formula is C17H16N2O2S. The second-order valence-corrected chi connectivity index (χ2v) is 6.10. The molecule has 0 aliphatic carbocycles. The van der Waals surface area contributed by atoms with Gasteiger partial charge in [-0.2, -0.15) is 0 Å². The monoisotopic (exact) mass is 312 g/mol. The molecule has 1 N–H and O–H groups in total. The summed E-state index contributed by atoms with van der Waals surface area (Å²) in [6, 6.07) is 13.4. The van der Waals surface area contributed by atoms with Crippen LogP contribution in [0, 0.1) is 6.92 Å². The van der Waals surface area contributed by atoms with Gasteiger partial charge in [0.15, 0.2) is 5.13 Å². The van der Waals surface area contributed by atoms with Gasteiger partial charge in [0.1, 0.15) is 0 Å². The zero-order chi connectivity index (χ0) is 15.5. The number of rotatable bonds is 4. The lowest BCUT2D eigenvalue weighted by atomic mass is 10.1. The number of benzene rings is 2. The fourth-order valence-corrected chi connectivity index (χ4v) is 3.13. The van der Waals surface area contributed by atoms with Gasteiger partial charge < -0.3 is 4.74 Å². The van der Waals surface area contributed by atoms with E-state index in [2.05, 4.69) is 16.4 Å². The van der Waals surface area contributed by atoms with Gasteiger partial charge in [-0.3, -0.25) is 10.1 Å². The average molecular weight is 312 g/mol. The Bertz CT molecular complexity index is 809. The molecule has 5 heteroatoms. The van der Waals surface area contributed by atoms with Gasteiger partial charge in [-0.25, -0.2) is 4.98 Å². The van der Waals surface area contributed by atoms with Crippen LogP contribution in [0.15, 0.2) is 42.5 Å². The molecule has 0 aliphatic rings. The Labute approximate surface area is 132 Å². The van der Waals surface area contributed by atoms with Crippen LogP contribution in [0.25, 0.3) is 10.2 Å². The quantitative estimate of drug-likeness (QED) is 0.792. The molecule has 0 bridgehead atoms. The Balaban J connectivity index is 1.77. The van der Waals surface area contributed by atoms with Crippen LogP contribution < -0.4 is 5.32 Å². The lowest BCUT2D eigenvalue weighted by Gasteiger charge is -2.03. The van der Waals surface area contributed by atoms with Crippen molar-refractivity contribution in [2.75, 3.05) is 12.4 Å². The fraction of sp³-hybridized carbons (Fsp3) is 0.176. The number of thiazole rings is 1. The molecule has 0 saturated heterocycles. The number of methoxy groups -OCH3 is 1. The van der Waals surface area contributed by atoms with E-state index in [-0.39, 0.29) is 5.91 Å². The maximum Gasteiger partial charge on any atom is 0.257 e. The first kappa shape index (κ1) is 14.7. The molecule has 112 valence electrons. The lowest BCUT2D eigenvalue weighted by Crippen LogP contribution is -2.11. The summed E-state index contributed by atoms with van der Waals surface area (Å²) in [6.07, 6.45) is 0. The van der Waals surface area contributed by atoms with E-state index in [1.54, 1.807) is 19.2 Å². The second-order valence-electron chi connectivity index (χ2n) is 5.07. The van der Waals surface area contributed by atoms with Crippen molar-refractivity contribution < 1.29 is 9.53 Å². The van der Waals surface area contributed by atoms with Crippen LogP contribution in [0.1, 0.15) is 21.5 Å². The largest absolute Gasteiger partial charge is 0.380 e. The Hall–Kier alpha value is -2.24. The molecule has 0 fully saturated rings. The van der Waals surface area contributed by atoms with Crippen molar-refractivity contribution in [1.29, 1.82) is 0 Å². The van der Waals surface area contributed by atoms with Crippen LogP contribution in [0.3, 0.4) is 0 Å². The van der Waals surface area contributed by atoms with Gasteiger partial charge in [-0.05, 0) is 42.3 Å². The van der Waals surface area contributed by atoms with E-state index in [1.165, 1.54) is 16.9 Å². The first-order chi connectivity index (χ1) is 10.7. The summed E-state index contributed by atoms with van der Waals surface area (Å²) in [4.78, 5) is 16.7. The smallest absolute Gasteiger partial charge is 0.257 e. The molecule has 4 nitrogen and oxygen atoms in total. The van der Waals surface area contributed by atoms with Gasteiger partial charge in [-0.15, -0.1) is 0 Å². The molecule has 3 aromatic rings. The molecule has 1 heterocycles. The number of aryl methyl sites for hydroxylation is 1. The normalized spacial score (nSPS) is 10.8. The Morgan fingerprint density at radius 2 is 2.00 bits per heavy atom. The summed E-state index contributed by atoms with van der Waals surface area (Å²) in [5.74, 6) is -0.153. The number of amides is 1. The molecule has 0 aliphatic heterocycles. The molecule has 2 aromatic carbocycles. The number of carbonyl (C=O) groups excluding carboxylic acids is 1. The van der Waals surface area contributed by atoms with E-state index in [0.717, 1.165) is 15.8 Å². The first-order valence-electron chi connectivity index (χ1n) is 6.92. The number of hydrogen-bond acceptors (Lipinski definition) is 4. The maximum atomic E-state index is 12.3. The molecule has 1 aromatic heterocycles. The number of fused-ring (bicyclic) bond motifs is 1.